The Labute approximate surface area is 117 Å². The van der Waals surface area contributed by atoms with Crippen molar-refractivity contribution in [3.8, 4) is 17.1 Å². The zero-order chi connectivity index (χ0) is 13.8. The molecule has 20 heavy (non-hydrogen) atoms. The highest BCUT2D eigenvalue weighted by molar-refractivity contribution is 5.57. The molecule has 0 fully saturated rings. The van der Waals surface area contributed by atoms with Crippen LogP contribution in [0.2, 0.25) is 0 Å². The van der Waals surface area contributed by atoms with E-state index in [1.807, 2.05) is 60.7 Å². The van der Waals surface area contributed by atoms with E-state index < -0.39 is 0 Å². The molecule has 0 N–H and O–H groups in total. The topological polar surface area (TPSA) is 35.3 Å². The van der Waals surface area contributed by atoms with E-state index in [0.29, 0.717) is 0 Å². The van der Waals surface area contributed by atoms with E-state index in [0.717, 1.165) is 29.2 Å². The molecule has 100 valence electrons. The first kappa shape index (κ1) is 12.5. The Kier molecular flexibility index (Phi) is 3.50. The molecule has 1 aromatic heterocycles. The Hall–Kier alpha value is -2.55. The maximum Gasteiger partial charge on any atom is 0.167 e. The van der Waals surface area contributed by atoms with Crippen LogP contribution < -0.4 is 4.74 Å². The predicted octanol–water partition coefficient (Wildman–Crippen LogP) is 3.94. The molecule has 0 spiro atoms. The predicted molar refractivity (Wildman–Crippen MR) is 77.7 cm³/mol. The van der Waals surface area contributed by atoms with Crippen molar-refractivity contribution in [2.24, 2.45) is 0 Å². The second kappa shape index (κ2) is 5.61. The number of ether oxygens (including phenoxy) is 1. The van der Waals surface area contributed by atoms with Crippen LogP contribution in [0.25, 0.3) is 11.3 Å². The molecular weight excluding hydrogens is 250 g/mol. The molecule has 0 unspecified atom stereocenters. The number of nitrogens with zero attached hydrogens (tertiary/aromatic N) is 1. The number of benzene rings is 2. The molecule has 3 aromatic rings. The van der Waals surface area contributed by atoms with E-state index in [1.54, 1.807) is 7.11 Å². The molecular formula is C17H15NO2. The van der Waals surface area contributed by atoms with Crippen LogP contribution in [0.15, 0.2) is 65.2 Å². The van der Waals surface area contributed by atoms with Crippen LogP contribution in [0.3, 0.4) is 0 Å². The molecule has 0 saturated heterocycles. The molecule has 0 aliphatic carbocycles. The van der Waals surface area contributed by atoms with Crippen LogP contribution in [0.5, 0.6) is 5.75 Å². The smallest absolute Gasteiger partial charge is 0.167 e. The van der Waals surface area contributed by atoms with Gasteiger partial charge in [-0.1, -0.05) is 47.6 Å². The summed E-state index contributed by atoms with van der Waals surface area (Å²) in [6, 6.07) is 19.9. The first-order valence-corrected chi connectivity index (χ1v) is 6.49. The van der Waals surface area contributed by atoms with Crippen molar-refractivity contribution in [2.45, 2.75) is 6.42 Å². The number of hydrogen-bond donors (Lipinski definition) is 0. The molecule has 0 radical (unpaired) electrons. The molecule has 3 nitrogen and oxygen atoms in total. The summed E-state index contributed by atoms with van der Waals surface area (Å²) in [6.07, 6.45) is 0.750. The highest BCUT2D eigenvalue weighted by atomic mass is 16.5. The minimum atomic E-state index is 0.750. The Morgan fingerprint density at radius 2 is 1.75 bits per heavy atom. The summed E-state index contributed by atoms with van der Waals surface area (Å²) in [7, 11) is 1.67. The van der Waals surface area contributed by atoms with Gasteiger partial charge < -0.3 is 9.26 Å². The number of rotatable bonds is 4. The van der Waals surface area contributed by atoms with Crippen molar-refractivity contribution in [3.63, 3.8) is 0 Å². The monoisotopic (exact) mass is 265 g/mol. The van der Waals surface area contributed by atoms with Crippen molar-refractivity contribution in [1.29, 1.82) is 0 Å². The largest absolute Gasteiger partial charge is 0.497 e. The standard InChI is InChI=1S/C17H15NO2/c1-19-16-9-7-13(8-10-16)11-15-12-17(20-18-15)14-5-3-2-4-6-14/h2-10,12H,11H2,1H3. The van der Waals surface area contributed by atoms with Gasteiger partial charge in [-0.05, 0) is 17.7 Å². The first-order valence-electron chi connectivity index (χ1n) is 6.49. The van der Waals surface area contributed by atoms with E-state index in [-0.39, 0.29) is 0 Å². The molecule has 0 bridgehead atoms. The fourth-order valence-corrected chi connectivity index (χ4v) is 2.09. The van der Waals surface area contributed by atoms with E-state index >= 15 is 0 Å². The second-order valence-electron chi connectivity index (χ2n) is 4.57. The van der Waals surface area contributed by atoms with Gasteiger partial charge in [-0.3, -0.25) is 0 Å². The van der Waals surface area contributed by atoms with Gasteiger partial charge in [0, 0.05) is 18.1 Å². The Morgan fingerprint density at radius 1 is 1.00 bits per heavy atom. The summed E-state index contributed by atoms with van der Waals surface area (Å²) < 4.78 is 10.5. The van der Waals surface area contributed by atoms with E-state index in [2.05, 4.69) is 5.16 Å². The van der Waals surface area contributed by atoms with Crippen LogP contribution in [-0.2, 0) is 6.42 Å². The molecule has 1 heterocycles. The van der Waals surface area contributed by atoms with Crippen molar-refractivity contribution < 1.29 is 9.26 Å². The highest BCUT2D eigenvalue weighted by Gasteiger charge is 2.07. The Balaban J connectivity index is 1.77. The van der Waals surface area contributed by atoms with Crippen molar-refractivity contribution >= 4 is 0 Å². The normalized spacial score (nSPS) is 10.4. The van der Waals surface area contributed by atoms with Crippen LogP contribution in [-0.4, -0.2) is 12.3 Å². The van der Waals surface area contributed by atoms with Crippen LogP contribution in [0, 0.1) is 0 Å². The Bertz CT molecular complexity index is 672. The van der Waals surface area contributed by atoms with Gasteiger partial charge in [-0.2, -0.15) is 0 Å². The van der Waals surface area contributed by atoms with Gasteiger partial charge >= 0.3 is 0 Å². The molecule has 0 amide bonds. The fourth-order valence-electron chi connectivity index (χ4n) is 2.09. The molecule has 0 saturated carbocycles. The lowest BCUT2D eigenvalue weighted by Crippen LogP contribution is -1.88. The Morgan fingerprint density at radius 3 is 2.45 bits per heavy atom. The molecule has 0 atom stereocenters. The van der Waals surface area contributed by atoms with Gasteiger partial charge in [0.1, 0.15) is 5.75 Å². The summed E-state index contributed by atoms with van der Waals surface area (Å²) in [5.74, 6) is 1.66. The summed E-state index contributed by atoms with van der Waals surface area (Å²) in [5, 5.41) is 4.12. The summed E-state index contributed by atoms with van der Waals surface area (Å²) >= 11 is 0. The molecule has 0 aliphatic heterocycles. The number of aromatic nitrogens is 1. The highest BCUT2D eigenvalue weighted by Crippen LogP contribution is 2.21. The first-order chi connectivity index (χ1) is 9.85. The average molecular weight is 265 g/mol. The van der Waals surface area contributed by atoms with Gasteiger partial charge in [-0.15, -0.1) is 0 Å². The van der Waals surface area contributed by atoms with Gasteiger partial charge in [0.05, 0.1) is 12.8 Å². The third kappa shape index (κ3) is 2.72. The third-order valence-corrected chi connectivity index (χ3v) is 3.16. The molecule has 0 aliphatic rings. The van der Waals surface area contributed by atoms with E-state index in [4.69, 9.17) is 9.26 Å². The van der Waals surface area contributed by atoms with Gasteiger partial charge in [0.15, 0.2) is 5.76 Å². The van der Waals surface area contributed by atoms with Crippen LogP contribution in [0.4, 0.5) is 0 Å². The molecule has 2 aromatic carbocycles. The zero-order valence-corrected chi connectivity index (χ0v) is 11.2. The lowest BCUT2D eigenvalue weighted by atomic mass is 10.1. The minimum absolute atomic E-state index is 0.750. The van der Waals surface area contributed by atoms with Gasteiger partial charge in [-0.25, -0.2) is 0 Å². The summed E-state index contributed by atoms with van der Waals surface area (Å²) in [5.41, 5.74) is 3.15. The van der Waals surface area contributed by atoms with E-state index in [1.165, 1.54) is 5.56 Å². The van der Waals surface area contributed by atoms with Crippen LogP contribution >= 0.6 is 0 Å². The average Bonchev–Trinajstić information content (AvgIpc) is 2.97. The van der Waals surface area contributed by atoms with Gasteiger partial charge in [0.2, 0.25) is 0 Å². The maximum atomic E-state index is 5.39. The van der Waals surface area contributed by atoms with E-state index in [9.17, 15) is 0 Å². The van der Waals surface area contributed by atoms with Crippen molar-refractivity contribution in [1.82, 2.24) is 5.16 Å². The second-order valence-corrected chi connectivity index (χ2v) is 4.57. The lowest BCUT2D eigenvalue weighted by molar-refractivity contribution is 0.414. The SMILES string of the molecule is COc1ccc(Cc2cc(-c3ccccc3)on2)cc1. The third-order valence-electron chi connectivity index (χ3n) is 3.16. The summed E-state index contributed by atoms with van der Waals surface area (Å²) in [6.45, 7) is 0. The maximum absolute atomic E-state index is 5.39. The fraction of sp³-hybridized carbons (Fsp3) is 0.118. The number of methoxy groups -OCH3 is 1. The zero-order valence-electron chi connectivity index (χ0n) is 11.2. The van der Waals surface area contributed by atoms with Gasteiger partial charge in [0.25, 0.3) is 0 Å². The quantitative estimate of drug-likeness (QED) is 0.716. The number of hydrogen-bond acceptors (Lipinski definition) is 3. The summed E-state index contributed by atoms with van der Waals surface area (Å²) in [4.78, 5) is 0. The lowest BCUT2D eigenvalue weighted by Gasteiger charge is -2.00. The molecule has 3 heteroatoms. The van der Waals surface area contributed by atoms with Crippen molar-refractivity contribution in [2.75, 3.05) is 7.11 Å². The van der Waals surface area contributed by atoms with Crippen molar-refractivity contribution in [3.05, 3.63) is 71.9 Å². The van der Waals surface area contributed by atoms with Crippen LogP contribution in [0.1, 0.15) is 11.3 Å². The molecule has 3 rings (SSSR count). The minimum Gasteiger partial charge on any atom is -0.497 e.